The third-order valence-corrected chi connectivity index (χ3v) is 4.95. The molecule has 0 aliphatic carbocycles. The van der Waals surface area contributed by atoms with Crippen LogP contribution in [0.15, 0.2) is 48.5 Å². The molecule has 0 bridgehead atoms. The van der Waals surface area contributed by atoms with E-state index in [1.807, 2.05) is 30.3 Å². The summed E-state index contributed by atoms with van der Waals surface area (Å²) in [5.74, 6) is -0.438. The van der Waals surface area contributed by atoms with Crippen LogP contribution >= 0.6 is 11.3 Å². The average Bonchev–Trinajstić information content (AvgIpc) is 3.03. The van der Waals surface area contributed by atoms with Gasteiger partial charge in [-0.05, 0) is 36.2 Å². The Balaban J connectivity index is 1.45. The number of nitrogens with two attached hydrogens (primary N) is 1. The molecule has 2 aromatic carbocycles. The van der Waals surface area contributed by atoms with E-state index < -0.39 is 5.91 Å². The van der Waals surface area contributed by atoms with Crippen molar-refractivity contribution in [1.29, 1.82) is 0 Å². The second kappa shape index (κ2) is 7.90. The largest absolute Gasteiger partial charge is 0.366 e. The minimum Gasteiger partial charge on any atom is -0.366 e. The monoisotopic (exact) mass is 353 g/mol. The molecule has 0 atom stereocenters. The zero-order valence-corrected chi connectivity index (χ0v) is 14.5. The van der Waals surface area contributed by atoms with E-state index in [1.165, 1.54) is 0 Å². The number of fused-ring (bicyclic) bond motifs is 1. The van der Waals surface area contributed by atoms with E-state index >= 15 is 0 Å². The second-order valence-corrected chi connectivity index (χ2v) is 6.86. The van der Waals surface area contributed by atoms with Gasteiger partial charge in [0.15, 0.2) is 0 Å². The first-order chi connectivity index (χ1) is 12.1. The molecule has 25 heavy (non-hydrogen) atoms. The smallest absolute Gasteiger partial charge is 0.248 e. The maximum absolute atomic E-state index is 12.0. The van der Waals surface area contributed by atoms with Crippen molar-refractivity contribution in [3.63, 3.8) is 0 Å². The molecule has 1 aromatic heterocycles. The standard InChI is InChI=1S/C19H19N3O2S/c20-19(24)14-5-3-4-13(12-14)10-11-21-17(23)8-9-18-22-15-6-1-2-7-16(15)25-18/h1-7,12H,8-11H2,(H2,20,24)(H,21,23). The number of para-hydroxylation sites is 1. The normalized spacial score (nSPS) is 10.7. The van der Waals surface area contributed by atoms with Gasteiger partial charge in [0, 0.05) is 24.9 Å². The van der Waals surface area contributed by atoms with E-state index in [4.69, 9.17) is 5.73 Å². The van der Waals surface area contributed by atoms with Crippen LogP contribution in [0, 0.1) is 0 Å². The fourth-order valence-electron chi connectivity index (χ4n) is 2.56. The van der Waals surface area contributed by atoms with Gasteiger partial charge in [0.2, 0.25) is 11.8 Å². The van der Waals surface area contributed by atoms with Gasteiger partial charge in [-0.25, -0.2) is 4.98 Å². The number of benzene rings is 2. The molecule has 1 heterocycles. The molecule has 3 N–H and O–H groups in total. The predicted octanol–water partition coefficient (Wildman–Crippen LogP) is 2.69. The van der Waals surface area contributed by atoms with Crippen molar-refractivity contribution in [3.05, 3.63) is 64.7 Å². The van der Waals surface area contributed by atoms with E-state index in [2.05, 4.69) is 10.3 Å². The highest BCUT2D eigenvalue weighted by Gasteiger charge is 2.07. The van der Waals surface area contributed by atoms with Crippen molar-refractivity contribution in [3.8, 4) is 0 Å². The first-order valence-electron chi connectivity index (χ1n) is 8.12. The Bertz CT molecular complexity index is 871. The highest BCUT2D eigenvalue weighted by Crippen LogP contribution is 2.22. The molecule has 0 radical (unpaired) electrons. The maximum Gasteiger partial charge on any atom is 0.248 e. The summed E-state index contributed by atoms with van der Waals surface area (Å²) < 4.78 is 1.15. The number of nitrogens with one attached hydrogen (secondary N) is 1. The topological polar surface area (TPSA) is 85.1 Å². The molecule has 128 valence electrons. The van der Waals surface area contributed by atoms with Crippen LogP contribution in [-0.4, -0.2) is 23.3 Å². The lowest BCUT2D eigenvalue weighted by Gasteiger charge is -2.05. The van der Waals surface area contributed by atoms with E-state index in [0.717, 1.165) is 20.8 Å². The van der Waals surface area contributed by atoms with Gasteiger partial charge in [0.25, 0.3) is 0 Å². The van der Waals surface area contributed by atoms with Crippen LogP contribution in [0.3, 0.4) is 0 Å². The lowest BCUT2D eigenvalue weighted by atomic mass is 10.1. The number of primary amides is 1. The Morgan fingerprint density at radius 1 is 1.08 bits per heavy atom. The van der Waals surface area contributed by atoms with Crippen LogP contribution in [0.1, 0.15) is 27.3 Å². The Hall–Kier alpha value is -2.73. The number of aromatic nitrogens is 1. The Morgan fingerprint density at radius 3 is 2.72 bits per heavy atom. The number of nitrogens with zero attached hydrogens (tertiary/aromatic N) is 1. The third-order valence-electron chi connectivity index (χ3n) is 3.85. The van der Waals surface area contributed by atoms with Gasteiger partial charge in [-0.2, -0.15) is 0 Å². The number of rotatable bonds is 7. The highest BCUT2D eigenvalue weighted by molar-refractivity contribution is 7.18. The maximum atomic E-state index is 12.0. The zero-order valence-electron chi connectivity index (χ0n) is 13.7. The van der Waals surface area contributed by atoms with Gasteiger partial charge in [0.05, 0.1) is 15.2 Å². The minimum atomic E-state index is -0.443. The fraction of sp³-hybridized carbons (Fsp3) is 0.211. The molecule has 5 nitrogen and oxygen atoms in total. The Labute approximate surface area is 149 Å². The van der Waals surface area contributed by atoms with E-state index in [1.54, 1.807) is 29.5 Å². The number of hydrogen-bond acceptors (Lipinski definition) is 4. The SMILES string of the molecule is NC(=O)c1cccc(CCNC(=O)CCc2nc3ccccc3s2)c1. The van der Waals surface area contributed by atoms with E-state index in [-0.39, 0.29) is 5.91 Å². The lowest BCUT2D eigenvalue weighted by Crippen LogP contribution is -2.26. The summed E-state index contributed by atoms with van der Waals surface area (Å²) in [5, 5.41) is 3.88. The molecule has 0 fully saturated rings. The van der Waals surface area contributed by atoms with Gasteiger partial charge in [-0.1, -0.05) is 24.3 Å². The molecular formula is C19H19N3O2S. The Morgan fingerprint density at radius 2 is 1.92 bits per heavy atom. The molecule has 0 saturated heterocycles. The molecule has 2 amide bonds. The molecular weight excluding hydrogens is 334 g/mol. The number of carbonyl (C=O) groups excluding carboxylic acids is 2. The van der Waals surface area contributed by atoms with E-state index in [0.29, 0.717) is 31.4 Å². The third kappa shape index (κ3) is 4.64. The summed E-state index contributed by atoms with van der Waals surface area (Å²) >= 11 is 1.63. The number of aryl methyl sites for hydroxylation is 1. The van der Waals surface area contributed by atoms with Crippen LogP contribution < -0.4 is 11.1 Å². The molecule has 6 heteroatoms. The van der Waals surface area contributed by atoms with E-state index in [9.17, 15) is 9.59 Å². The molecule has 0 unspecified atom stereocenters. The van der Waals surface area contributed by atoms with Crippen LogP contribution in [0.4, 0.5) is 0 Å². The highest BCUT2D eigenvalue weighted by atomic mass is 32.1. The quantitative estimate of drug-likeness (QED) is 0.685. The van der Waals surface area contributed by atoms with Crippen molar-refractivity contribution < 1.29 is 9.59 Å². The Kier molecular flexibility index (Phi) is 5.40. The van der Waals surface area contributed by atoms with Crippen LogP contribution in [0.2, 0.25) is 0 Å². The van der Waals surface area contributed by atoms with Gasteiger partial charge in [-0.3, -0.25) is 9.59 Å². The summed E-state index contributed by atoms with van der Waals surface area (Å²) in [6.45, 7) is 0.529. The minimum absolute atomic E-state index is 0.00492. The van der Waals surface area contributed by atoms with Gasteiger partial charge >= 0.3 is 0 Å². The summed E-state index contributed by atoms with van der Waals surface area (Å²) in [5.41, 5.74) is 7.71. The average molecular weight is 353 g/mol. The van der Waals surface area contributed by atoms with Crippen molar-refractivity contribution >= 4 is 33.4 Å². The predicted molar refractivity (Wildman–Crippen MR) is 99.6 cm³/mol. The van der Waals surface area contributed by atoms with Gasteiger partial charge < -0.3 is 11.1 Å². The summed E-state index contributed by atoms with van der Waals surface area (Å²) in [7, 11) is 0. The lowest BCUT2D eigenvalue weighted by molar-refractivity contribution is -0.121. The van der Waals surface area contributed by atoms with Gasteiger partial charge in [-0.15, -0.1) is 11.3 Å². The van der Waals surface area contributed by atoms with Crippen molar-refractivity contribution in [2.75, 3.05) is 6.54 Å². The summed E-state index contributed by atoms with van der Waals surface area (Å²) in [4.78, 5) is 27.7. The van der Waals surface area contributed by atoms with Crippen molar-refractivity contribution in [2.24, 2.45) is 5.73 Å². The summed E-state index contributed by atoms with van der Waals surface area (Å²) in [6, 6.07) is 15.1. The number of carbonyl (C=O) groups is 2. The molecule has 3 rings (SSSR count). The van der Waals surface area contributed by atoms with Crippen molar-refractivity contribution in [1.82, 2.24) is 10.3 Å². The van der Waals surface area contributed by atoms with Gasteiger partial charge in [0.1, 0.15) is 0 Å². The second-order valence-electron chi connectivity index (χ2n) is 5.74. The first kappa shape index (κ1) is 17.1. The molecule has 0 aliphatic heterocycles. The fourth-order valence-corrected chi connectivity index (χ4v) is 3.53. The van der Waals surface area contributed by atoms with Crippen molar-refractivity contribution in [2.45, 2.75) is 19.3 Å². The molecule has 0 aliphatic rings. The summed E-state index contributed by atoms with van der Waals surface area (Å²) in [6.07, 6.45) is 1.72. The number of thiazole rings is 1. The molecule has 0 spiro atoms. The zero-order chi connectivity index (χ0) is 17.6. The molecule has 0 saturated carbocycles. The van der Waals surface area contributed by atoms with Crippen LogP contribution in [0.25, 0.3) is 10.2 Å². The number of hydrogen-bond donors (Lipinski definition) is 2. The van der Waals surface area contributed by atoms with Crippen LogP contribution in [0.5, 0.6) is 0 Å². The number of amides is 2. The first-order valence-corrected chi connectivity index (χ1v) is 8.93. The molecule has 3 aromatic rings. The van der Waals surface area contributed by atoms with Crippen LogP contribution in [-0.2, 0) is 17.6 Å².